The summed E-state index contributed by atoms with van der Waals surface area (Å²) in [5, 5.41) is 9.03. The lowest BCUT2D eigenvalue weighted by atomic mass is 10.1. The fourth-order valence-corrected chi connectivity index (χ4v) is 1.80. The monoisotopic (exact) mass is 198 g/mol. The van der Waals surface area contributed by atoms with Crippen molar-refractivity contribution in [3.8, 4) is 0 Å². The van der Waals surface area contributed by atoms with E-state index >= 15 is 0 Å². The summed E-state index contributed by atoms with van der Waals surface area (Å²) in [6.07, 6.45) is 2.56. The van der Waals surface area contributed by atoms with Crippen LogP contribution < -0.4 is 0 Å². The van der Waals surface area contributed by atoms with E-state index in [4.69, 9.17) is 5.11 Å². The Balaban J connectivity index is 2.86. The van der Waals surface area contributed by atoms with E-state index in [1.165, 1.54) is 12.2 Å². The molecule has 0 aromatic rings. The molecule has 70 valence electrons. The van der Waals surface area contributed by atoms with Gasteiger partial charge in [0.25, 0.3) is 0 Å². The molecule has 0 radical (unpaired) electrons. The summed E-state index contributed by atoms with van der Waals surface area (Å²) >= 11 is 0.996. The summed E-state index contributed by atoms with van der Waals surface area (Å²) in [5.41, 5.74) is -0.246. The molecular formula is C9H10O3S. The zero-order valence-corrected chi connectivity index (χ0v) is 8.22. The topological polar surface area (TPSA) is 54.4 Å². The molecule has 1 atom stereocenters. The maximum Gasteiger partial charge on any atom is 0.195 e. The fourth-order valence-electron chi connectivity index (χ4n) is 0.981. The zero-order valence-electron chi connectivity index (χ0n) is 7.40. The lowest BCUT2D eigenvalue weighted by Crippen LogP contribution is -2.12. The van der Waals surface area contributed by atoms with Crippen molar-refractivity contribution < 1.29 is 14.7 Å². The first-order chi connectivity index (χ1) is 6.00. The first kappa shape index (κ1) is 10.2. The second-order valence-corrected chi connectivity index (χ2v) is 4.14. The molecule has 0 amide bonds. The van der Waals surface area contributed by atoms with Gasteiger partial charge in [0, 0.05) is 11.6 Å². The second kappa shape index (κ2) is 3.89. The van der Waals surface area contributed by atoms with E-state index in [2.05, 4.69) is 0 Å². The Bertz CT molecular complexity index is 313. The van der Waals surface area contributed by atoms with Crippen LogP contribution in [0.3, 0.4) is 0 Å². The Hall–Kier alpha value is -0.870. The van der Waals surface area contributed by atoms with E-state index < -0.39 is 5.44 Å². The fraction of sp³-hybridized carbons (Fsp3) is 0.333. The third-order valence-corrected chi connectivity index (χ3v) is 2.41. The third kappa shape index (κ3) is 2.54. The highest BCUT2D eigenvalue weighted by Gasteiger charge is 2.20. The van der Waals surface area contributed by atoms with E-state index in [-0.39, 0.29) is 11.6 Å². The van der Waals surface area contributed by atoms with Crippen molar-refractivity contribution in [1.29, 1.82) is 0 Å². The second-order valence-electron chi connectivity index (χ2n) is 2.78. The van der Waals surface area contributed by atoms with Crippen LogP contribution >= 0.6 is 11.8 Å². The summed E-state index contributed by atoms with van der Waals surface area (Å²) < 4.78 is 0. The average molecular weight is 198 g/mol. The van der Waals surface area contributed by atoms with Gasteiger partial charge in [-0.05, 0) is 19.9 Å². The van der Waals surface area contributed by atoms with Gasteiger partial charge in [-0.25, -0.2) is 0 Å². The zero-order chi connectivity index (χ0) is 10.0. The summed E-state index contributed by atoms with van der Waals surface area (Å²) in [7, 11) is 0. The number of allylic oxidation sites excluding steroid dienone is 4. The van der Waals surface area contributed by atoms with Crippen LogP contribution in [-0.2, 0) is 9.59 Å². The van der Waals surface area contributed by atoms with Gasteiger partial charge in [-0.3, -0.25) is 9.59 Å². The summed E-state index contributed by atoms with van der Waals surface area (Å²) in [4.78, 5) is 22.7. The molecule has 1 aliphatic rings. The molecule has 1 unspecified atom stereocenters. The number of thioether (sulfide) groups is 1. The minimum absolute atomic E-state index is 0.175. The molecule has 4 heteroatoms. The highest BCUT2D eigenvalue weighted by atomic mass is 32.2. The van der Waals surface area contributed by atoms with Crippen LogP contribution in [0.1, 0.15) is 13.8 Å². The lowest BCUT2D eigenvalue weighted by Gasteiger charge is -2.11. The van der Waals surface area contributed by atoms with Gasteiger partial charge in [0.1, 0.15) is 5.44 Å². The Morgan fingerprint density at radius 3 is 2.54 bits per heavy atom. The summed E-state index contributed by atoms with van der Waals surface area (Å²) in [5.74, 6) is -0.370. The van der Waals surface area contributed by atoms with Gasteiger partial charge >= 0.3 is 0 Å². The quantitative estimate of drug-likeness (QED) is 0.532. The first-order valence-corrected chi connectivity index (χ1v) is 4.72. The minimum Gasteiger partial charge on any atom is -0.382 e. The molecule has 0 heterocycles. The molecule has 0 aliphatic heterocycles. The number of Topliss-reactive ketones (excluding diaryl/α,β-unsaturated/α-hetero) is 1. The Labute approximate surface area is 80.5 Å². The molecule has 0 bridgehead atoms. The number of hydrogen-bond donors (Lipinski definition) is 1. The molecule has 13 heavy (non-hydrogen) atoms. The van der Waals surface area contributed by atoms with Crippen LogP contribution in [0.5, 0.6) is 0 Å². The predicted molar refractivity (Wildman–Crippen MR) is 51.1 cm³/mol. The maximum atomic E-state index is 11.4. The van der Waals surface area contributed by atoms with Crippen LogP contribution in [0.4, 0.5) is 0 Å². The lowest BCUT2D eigenvalue weighted by molar-refractivity contribution is -0.114. The van der Waals surface area contributed by atoms with Gasteiger partial charge in [0.15, 0.2) is 11.6 Å². The van der Waals surface area contributed by atoms with E-state index in [9.17, 15) is 9.59 Å². The smallest absolute Gasteiger partial charge is 0.195 e. The normalized spacial score (nSPS) is 19.6. The average Bonchev–Trinajstić information content (AvgIpc) is 1.98. The predicted octanol–water partition coefficient (Wildman–Crippen LogP) is 1.04. The highest BCUT2D eigenvalue weighted by molar-refractivity contribution is 8.04. The van der Waals surface area contributed by atoms with E-state index in [0.717, 1.165) is 11.8 Å². The number of hydrogen-bond acceptors (Lipinski definition) is 4. The van der Waals surface area contributed by atoms with Crippen molar-refractivity contribution >= 4 is 23.3 Å². The molecule has 0 fully saturated rings. The molecule has 3 nitrogen and oxygen atoms in total. The van der Waals surface area contributed by atoms with Gasteiger partial charge in [0.05, 0.1) is 4.91 Å². The molecule has 1 rings (SSSR count). The van der Waals surface area contributed by atoms with Crippen LogP contribution in [-0.4, -0.2) is 22.1 Å². The molecular weight excluding hydrogens is 188 g/mol. The number of aliphatic hydroxyl groups excluding tert-OH is 1. The van der Waals surface area contributed by atoms with Crippen LogP contribution in [0.25, 0.3) is 0 Å². The van der Waals surface area contributed by atoms with Crippen molar-refractivity contribution in [3.63, 3.8) is 0 Å². The molecule has 0 aromatic carbocycles. The summed E-state index contributed by atoms with van der Waals surface area (Å²) in [6.45, 7) is 3.15. The van der Waals surface area contributed by atoms with Gasteiger partial charge in [-0.15, -0.1) is 0 Å². The number of carbonyl (C=O) groups excluding carboxylic acids is 2. The Morgan fingerprint density at radius 2 is 2.00 bits per heavy atom. The Morgan fingerprint density at radius 1 is 1.38 bits per heavy atom. The van der Waals surface area contributed by atoms with Gasteiger partial charge < -0.3 is 5.11 Å². The first-order valence-electron chi connectivity index (χ1n) is 3.84. The van der Waals surface area contributed by atoms with Crippen LogP contribution in [0.2, 0.25) is 0 Å². The van der Waals surface area contributed by atoms with E-state index in [1.54, 1.807) is 13.8 Å². The molecule has 0 spiro atoms. The SMILES string of the molecule is CC1=CC(=O)C=C(SC(C)O)C1=O. The van der Waals surface area contributed by atoms with E-state index in [1.807, 2.05) is 0 Å². The standard InChI is InChI=1S/C9H10O3S/c1-5-3-7(11)4-8(9(5)12)13-6(2)10/h3-4,6,10H,1-2H3. The number of ketones is 2. The molecule has 0 aromatic heterocycles. The van der Waals surface area contributed by atoms with Crippen molar-refractivity contribution in [2.75, 3.05) is 0 Å². The molecule has 0 saturated heterocycles. The van der Waals surface area contributed by atoms with Gasteiger partial charge in [0.2, 0.25) is 0 Å². The minimum atomic E-state index is -0.672. The van der Waals surface area contributed by atoms with Crippen molar-refractivity contribution in [3.05, 3.63) is 22.6 Å². The molecule has 1 aliphatic carbocycles. The highest BCUT2D eigenvalue weighted by Crippen LogP contribution is 2.26. The maximum absolute atomic E-state index is 11.4. The molecule has 1 N–H and O–H groups in total. The summed E-state index contributed by atoms with van der Waals surface area (Å²) in [6, 6.07) is 0. The van der Waals surface area contributed by atoms with Crippen molar-refractivity contribution in [2.24, 2.45) is 0 Å². The van der Waals surface area contributed by atoms with E-state index in [0.29, 0.717) is 10.5 Å². The number of carbonyl (C=O) groups is 2. The Kier molecular flexibility index (Phi) is 3.06. The van der Waals surface area contributed by atoms with Crippen molar-refractivity contribution in [1.82, 2.24) is 0 Å². The van der Waals surface area contributed by atoms with Gasteiger partial charge in [-0.2, -0.15) is 0 Å². The number of rotatable bonds is 2. The molecule has 0 saturated carbocycles. The largest absolute Gasteiger partial charge is 0.382 e. The number of aliphatic hydroxyl groups is 1. The van der Waals surface area contributed by atoms with Crippen LogP contribution in [0.15, 0.2) is 22.6 Å². The third-order valence-electron chi connectivity index (χ3n) is 1.51. The van der Waals surface area contributed by atoms with Crippen LogP contribution in [0, 0.1) is 0 Å². The van der Waals surface area contributed by atoms with Gasteiger partial charge in [-0.1, -0.05) is 11.8 Å². The van der Waals surface area contributed by atoms with Crippen molar-refractivity contribution in [2.45, 2.75) is 19.3 Å².